The molecular weight excluding hydrogens is 224 g/mol. The Morgan fingerprint density at radius 3 is 2.11 bits per heavy atom. The summed E-state index contributed by atoms with van der Waals surface area (Å²) in [4.78, 5) is 4.92. The first-order valence-corrected chi connectivity index (χ1v) is 7.77. The summed E-state index contributed by atoms with van der Waals surface area (Å²) in [6, 6.07) is 1.18. The normalized spacial score (nSPS) is 33.3. The van der Waals surface area contributed by atoms with Gasteiger partial charge in [0.1, 0.15) is 0 Å². The summed E-state index contributed by atoms with van der Waals surface area (Å²) < 4.78 is 0. The highest BCUT2D eigenvalue weighted by atomic mass is 16.3. The number of hydrogen-bond donors (Lipinski definition) is 1. The van der Waals surface area contributed by atoms with Crippen LogP contribution in [0.25, 0.3) is 0 Å². The van der Waals surface area contributed by atoms with Gasteiger partial charge in [-0.05, 0) is 39.8 Å². The lowest BCUT2D eigenvalue weighted by Gasteiger charge is -2.41. The van der Waals surface area contributed by atoms with Crippen LogP contribution < -0.4 is 0 Å². The molecule has 2 rings (SSSR count). The van der Waals surface area contributed by atoms with Crippen molar-refractivity contribution in [1.29, 1.82) is 0 Å². The van der Waals surface area contributed by atoms with Crippen LogP contribution in [-0.2, 0) is 0 Å². The summed E-state index contributed by atoms with van der Waals surface area (Å²) in [5.41, 5.74) is 0. The molecule has 0 spiro atoms. The Bertz CT molecular complexity index is 237. The molecule has 1 aliphatic heterocycles. The van der Waals surface area contributed by atoms with Gasteiger partial charge in [-0.1, -0.05) is 25.7 Å². The standard InChI is InChI=1S/C15H30N2O/c1-16(2)13-9-11-17(12-10-13)14-7-5-3-4-6-8-15(14)18/h13-15,18H,3-12H2,1-2H3. The van der Waals surface area contributed by atoms with Crippen LogP contribution in [0.4, 0.5) is 0 Å². The fourth-order valence-electron chi connectivity index (χ4n) is 3.61. The average Bonchev–Trinajstić information content (AvgIpc) is 2.35. The van der Waals surface area contributed by atoms with E-state index in [0.717, 1.165) is 12.5 Å². The van der Waals surface area contributed by atoms with Crippen molar-refractivity contribution in [2.75, 3.05) is 27.2 Å². The molecule has 2 unspecified atom stereocenters. The van der Waals surface area contributed by atoms with E-state index in [2.05, 4.69) is 23.9 Å². The number of aliphatic hydroxyl groups excluding tert-OH is 1. The van der Waals surface area contributed by atoms with Crippen molar-refractivity contribution >= 4 is 0 Å². The molecule has 0 aromatic rings. The highest BCUT2D eigenvalue weighted by molar-refractivity contribution is 4.86. The molecule has 106 valence electrons. The minimum absolute atomic E-state index is 0.0822. The predicted molar refractivity (Wildman–Crippen MR) is 75.8 cm³/mol. The molecule has 0 radical (unpaired) electrons. The zero-order chi connectivity index (χ0) is 13.0. The lowest BCUT2D eigenvalue weighted by molar-refractivity contribution is 0.0104. The Morgan fingerprint density at radius 2 is 1.50 bits per heavy atom. The average molecular weight is 254 g/mol. The van der Waals surface area contributed by atoms with Gasteiger partial charge in [-0.3, -0.25) is 4.90 Å². The van der Waals surface area contributed by atoms with E-state index in [0.29, 0.717) is 6.04 Å². The van der Waals surface area contributed by atoms with Crippen LogP contribution in [0.15, 0.2) is 0 Å². The van der Waals surface area contributed by atoms with Gasteiger partial charge in [0.05, 0.1) is 6.10 Å². The zero-order valence-corrected chi connectivity index (χ0v) is 12.1. The van der Waals surface area contributed by atoms with Gasteiger partial charge in [-0.25, -0.2) is 0 Å². The monoisotopic (exact) mass is 254 g/mol. The maximum absolute atomic E-state index is 10.3. The van der Waals surface area contributed by atoms with E-state index < -0.39 is 0 Å². The largest absolute Gasteiger partial charge is 0.391 e. The Balaban J connectivity index is 1.86. The van der Waals surface area contributed by atoms with Gasteiger partial charge in [0.2, 0.25) is 0 Å². The molecule has 0 aromatic carbocycles. The lowest BCUT2D eigenvalue weighted by Crippen LogP contribution is -2.50. The summed E-state index contributed by atoms with van der Waals surface area (Å²) in [6.07, 6.45) is 9.84. The second-order valence-electron chi connectivity index (χ2n) is 6.36. The van der Waals surface area contributed by atoms with Crippen LogP contribution in [0.2, 0.25) is 0 Å². The molecule has 2 aliphatic rings. The van der Waals surface area contributed by atoms with E-state index in [-0.39, 0.29) is 6.10 Å². The Hall–Kier alpha value is -0.120. The fraction of sp³-hybridized carbons (Fsp3) is 1.00. The second-order valence-corrected chi connectivity index (χ2v) is 6.36. The van der Waals surface area contributed by atoms with Gasteiger partial charge in [0.15, 0.2) is 0 Å². The van der Waals surface area contributed by atoms with Crippen molar-refractivity contribution in [3.63, 3.8) is 0 Å². The second kappa shape index (κ2) is 6.88. The first kappa shape index (κ1) is 14.3. The maximum atomic E-state index is 10.3. The summed E-state index contributed by atoms with van der Waals surface area (Å²) in [6.45, 7) is 2.34. The maximum Gasteiger partial charge on any atom is 0.0695 e. The molecule has 0 bridgehead atoms. The zero-order valence-electron chi connectivity index (χ0n) is 12.1. The van der Waals surface area contributed by atoms with Gasteiger partial charge < -0.3 is 10.0 Å². The van der Waals surface area contributed by atoms with Crippen LogP contribution in [0.3, 0.4) is 0 Å². The summed E-state index contributed by atoms with van der Waals surface area (Å²) in [5, 5.41) is 10.3. The molecule has 1 saturated heterocycles. The molecule has 1 saturated carbocycles. The highest BCUT2D eigenvalue weighted by Gasteiger charge is 2.30. The number of aliphatic hydroxyl groups is 1. The smallest absolute Gasteiger partial charge is 0.0695 e. The van der Waals surface area contributed by atoms with Crippen LogP contribution >= 0.6 is 0 Å². The Morgan fingerprint density at radius 1 is 0.889 bits per heavy atom. The van der Waals surface area contributed by atoms with E-state index in [1.807, 2.05) is 0 Å². The number of hydrogen-bond acceptors (Lipinski definition) is 3. The van der Waals surface area contributed by atoms with Gasteiger partial charge >= 0.3 is 0 Å². The third kappa shape index (κ3) is 3.69. The van der Waals surface area contributed by atoms with E-state index in [1.165, 1.54) is 58.0 Å². The van der Waals surface area contributed by atoms with Crippen LogP contribution in [0, 0.1) is 0 Å². The predicted octanol–water partition coefficient (Wildman–Crippen LogP) is 2.10. The molecule has 2 fully saturated rings. The SMILES string of the molecule is CN(C)C1CCN(C2CCCCCCC2O)CC1. The van der Waals surface area contributed by atoms with E-state index >= 15 is 0 Å². The molecule has 0 aromatic heterocycles. The third-order valence-corrected chi connectivity index (χ3v) is 4.89. The summed E-state index contributed by atoms with van der Waals surface area (Å²) >= 11 is 0. The number of rotatable bonds is 2. The third-order valence-electron chi connectivity index (χ3n) is 4.89. The molecule has 3 heteroatoms. The topological polar surface area (TPSA) is 26.7 Å². The minimum atomic E-state index is -0.0822. The number of piperidine rings is 1. The van der Waals surface area contributed by atoms with Crippen LogP contribution in [0.1, 0.15) is 51.4 Å². The quantitative estimate of drug-likeness (QED) is 0.817. The van der Waals surface area contributed by atoms with Crippen molar-refractivity contribution < 1.29 is 5.11 Å². The van der Waals surface area contributed by atoms with E-state index in [9.17, 15) is 5.11 Å². The van der Waals surface area contributed by atoms with Crippen molar-refractivity contribution in [2.45, 2.75) is 69.6 Å². The lowest BCUT2D eigenvalue weighted by atomic mass is 9.91. The van der Waals surface area contributed by atoms with Gasteiger partial charge in [0, 0.05) is 25.2 Å². The van der Waals surface area contributed by atoms with E-state index in [4.69, 9.17) is 0 Å². The highest BCUT2D eigenvalue weighted by Crippen LogP contribution is 2.25. The fourth-order valence-corrected chi connectivity index (χ4v) is 3.61. The number of nitrogens with zero attached hydrogens (tertiary/aromatic N) is 2. The molecule has 1 N–H and O–H groups in total. The summed E-state index contributed by atoms with van der Waals surface area (Å²) in [7, 11) is 4.37. The molecule has 0 amide bonds. The van der Waals surface area contributed by atoms with Gasteiger partial charge in [0.25, 0.3) is 0 Å². The van der Waals surface area contributed by atoms with Crippen LogP contribution in [-0.4, -0.2) is 60.3 Å². The first-order valence-electron chi connectivity index (χ1n) is 7.77. The Kier molecular flexibility index (Phi) is 5.46. The van der Waals surface area contributed by atoms with Gasteiger partial charge in [-0.2, -0.15) is 0 Å². The first-order chi connectivity index (χ1) is 8.68. The molecule has 1 heterocycles. The van der Waals surface area contributed by atoms with Crippen molar-refractivity contribution in [3.05, 3.63) is 0 Å². The minimum Gasteiger partial charge on any atom is -0.391 e. The van der Waals surface area contributed by atoms with Crippen LogP contribution in [0.5, 0.6) is 0 Å². The van der Waals surface area contributed by atoms with Crippen molar-refractivity contribution in [3.8, 4) is 0 Å². The molecule has 3 nitrogen and oxygen atoms in total. The van der Waals surface area contributed by atoms with Crippen molar-refractivity contribution in [2.24, 2.45) is 0 Å². The Labute approximate surface area is 112 Å². The molecular formula is C15H30N2O. The molecule has 1 aliphatic carbocycles. The molecule has 18 heavy (non-hydrogen) atoms. The number of likely N-dealkylation sites (tertiary alicyclic amines) is 1. The van der Waals surface area contributed by atoms with E-state index in [1.54, 1.807) is 0 Å². The van der Waals surface area contributed by atoms with Crippen molar-refractivity contribution in [1.82, 2.24) is 9.80 Å². The summed E-state index contributed by atoms with van der Waals surface area (Å²) in [5.74, 6) is 0. The van der Waals surface area contributed by atoms with Gasteiger partial charge in [-0.15, -0.1) is 0 Å². The molecule has 2 atom stereocenters.